The predicted molar refractivity (Wildman–Crippen MR) is 127 cm³/mol. The predicted octanol–water partition coefficient (Wildman–Crippen LogP) is 5.30. The van der Waals surface area contributed by atoms with E-state index in [4.69, 9.17) is 11.6 Å². The van der Waals surface area contributed by atoms with Crippen molar-refractivity contribution in [3.05, 3.63) is 70.7 Å². The van der Waals surface area contributed by atoms with Gasteiger partial charge in [-0.25, -0.2) is 0 Å². The Morgan fingerprint density at radius 2 is 1.70 bits per heavy atom. The fourth-order valence-electron chi connectivity index (χ4n) is 2.90. The van der Waals surface area contributed by atoms with Gasteiger partial charge in [0.05, 0.1) is 0 Å². The number of amides is 2. The molecule has 2 unspecified atom stereocenters. The first-order chi connectivity index (χ1) is 14.4. The Labute approximate surface area is 189 Å². The molecule has 0 bridgehead atoms. The quantitative estimate of drug-likeness (QED) is 0.477. The van der Waals surface area contributed by atoms with Crippen LogP contribution in [0.3, 0.4) is 0 Å². The number of hydrogen-bond acceptors (Lipinski definition) is 3. The molecular formula is C24H31ClN2O2S. The molecule has 0 aromatic heterocycles. The van der Waals surface area contributed by atoms with E-state index in [2.05, 4.69) is 17.4 Å². The molecule has 4 nitrogen and oxygen atoms in total. The Kier molecular flexibility index (Phi) is 10.2. The standard InChI is InChI=1S/C24H31ClN2O2S/c1-4-18(2)26-24(29)19(3)27(16-20-10-12-22(25)13-11-20)23(28)14-15-30-17-21-8-6-5-7-9-21/h5-13,18-19H,4,14-17H2,1-3H3,(H,26,29). The van der Waals surface area contributed by atoms with E-state index in [1.165, 1.54) is 5.56 Å². The van der Waals surface area contributed by atoms with Gasteiger partial charge in [0, 0.05) is 35.5 Å². The highest BCUT2D eigenvalue weighted by Gasteiger charge is 2.26. The highest BCUT2D eigenvalue weighted by atomic mass is 35.5. The first-order valence-electron chi connectivity index (χ1n) is 10.4. The second-order valence-electron chi connectivity index (χ2n) is 7.43. The monoisotopic (exact) mass is 446 g/mol. The Bertz CT molecular complexity index is 799. The van der Waals surface area contributed by atoms with Crippen molar-refractivity contribution in [2.75, 3.05) is 5.75 Å². The number of nitrogens with one attached hydrogen (secondary N) is 1. The molecule has 0 aliphatic rings. The summed E-state index contributed by atoms with van der Waals surface area (Å²) in [6.45, 7) is 6.17. The molecule has 0 fully saturated rings. The van der Waals surface area contributed by atoms with Crippen LogP contribution in [0.2, 0.25) is 5.02 Å². The molecular weight excluding hydrogens is 416 g/mol. The molecule has 162 valence electrons. The minimum absolute atomic E-state index is 0.0164. The Balaban J connectivity index is 2.00. The van der Waals surface area contributed by atoms with Gasteiger partial charge in [0.2, 0.25) is 11.8 Å². The summed E-state index contributed by atoms with van der Waals surface area (Å²) in [5.41, 5.74) is 2.20. The highest BCUT2D eigenvalue weighted by Crippen LogP contribution is 2.17. The normalized spacial score (nSPS) is 12.8. The van der Waals surface area contributed by atoms with Crippen LogP contribution in [0, 0.1) is 0 Å². The van der Waals surface area contributed by atoms with E-state index < -0.39 is 6.04 Å². The number of nitrogens with zero attached hydrogens (tertiary/aromatic N) is 1. The van der Waals surface area contributed by atoms with Gasteiger partial charge in [-0.2, -0.15) is 11.8 Å². The average molecular weight is 447 g/mol. The zero-order valence-electron chi connectivity index (χ0n) is 17.9. The number of thioether (sulfide) groups is 1. The molecule has 30 heavy (non-hydrogen) atoms. The minimum atomic E-state index is -0.540. The summed E-state index contributed by atoms with van der Waals surface area (Å²) in [6, 6.07) is 17.1. The van der Waals surface area contributed by atoms with E-state index in [0.717, 1.165) is 17.7 Å². The van der Waals surface area contributed by atoms with Crippen molar-refractivity contribution in [1.82, 2.24) is 10.2 Å². The van der Waals surface area contributed by atoms with Crippen molar-refractivity contribution in [3.8, 4) is 0 Å². The molecule has 0 aliphatic heterocycles. The van der Waals surface area contributed by atoms with Crippen molar-refractivity contribution in [2.24, 2.45) is 0 Å². The topological polar surface area (TPSA) is 49.4 Å². The van der Waals surface area contributed by atoms with Gasteiger partial charge in [-0.1, -0.05) is 61.0 Å². The number of halogens is 1. The number of hydrogen-bond donors (Lipinski definition) is 1. The van der Waals surface area contributed by atoms with E-state index in [1.807, 2.05) is 44.2 Å². The molecule has 0 saturated heterocycles. The van der Waals surface area contributed by atoms with Crippen LogP contribution in [0.4, 0.5) is 0 Å². The van der Waals surface area contributed by atoms with Gasteiger partial charge in [0.1, 0.15) is 6.04 Å². The largest absolute Gasteiger partial charge is 0.352 e. The lowest BCUT2D eigenvalue weighted by Crippen LogP contribution is -2.49. The lowest BCUT2D eigenvalue weighted by molar-refractivity contribution is -0.140. The summed E-state index contributed by atoms with van der Waals surface area (Å²) in [5.74, 6) is 1.45. The highest BCUT2D eigenvalue weighted by molar-refractivity contribution is 7.98. The third-order valence-electron chi connectivity index (χ3n) is 5.01. The van der Waals surface area contributed by atoms with Crippen molar-refractivity contribution in [2.45, 2.75) is 58.0 Å². The minimum Gasteiger partial charge on any atom is -0.352 e. The van der Waals surface area contributed by atoms with E-state index in [9.17, 15) is 9.59 Å². The first kappa shape index (κ1) is 24.3. The molecule has 1 N–H and O–H groups in total. The molecule has 2 rings (SSSR count). The molecule has 0 saturated carbocycles. The maximum atomic E-state index is 13.0. The molecule has 0 spiro atoms. The van der Waals surface area contributed by atoms with Crippen LogP contribution in [0.1, 0.15) is 44.7 Å². The van der Waals surface area contributed by atoms with Crippen molar-refractivity contribution in [1.29, 1.82) is 0 Å². The Morgan fingerprint density at radius 3 is 2.33 bits per heavy atom. The van der Waals surface area contributed by atoms with Crippen LogP contribution < -0.4 is 5.32 Å². The van der Waals surface area contributed by atoms with Crippen molar-refractivity contribution < 1.29 is 9.59 Å². The number of benzene rings is 2. The van der Waals surface area contributed by atoms with Gasteiger partial charge in [-0.15, -0.1) is 0 Å². The van der Waals surface area contributed by atoms with Crippen LogP contribution in [0.5, 0.6) is 0 Å². The van der Waals surface area contributed by atoms with E-state index in [0.29, 0.717) is 23.7 Å². The van der Waals surface area contributed by atoms with Gasteiger partial charge in [-0.3, -0.25) is 9.59 Å². The Morgan fingerprint density at radius 1 is 1.03 bits per heavy atom. The van der Waals surface area contributed by atoms with Gasteiger partial charge >= 0.3 is 0 Å². The molecule has 0 aliphatic carbocycles. The maximum absolute atomic E-state index is 13.0. The van der Waals surface area contributed by atoms with Crippen LogP contribution in [-0.2, 0) is 21.9 Å². The van der Waals surface area contributed by atoms with Gasteiger partial charge in [0.15, 0.2) is 0 Å². The van der Waals surface area contributed by atoms with E-state index >= 15 is 0 Å². The summed E-state index contributed by atoms with van der Waals surface area (Å²) < 4.78 is 0. The summed E-state index contributed by atoms with van der Waals surface area (Å²) in [4.78, 5) is 27.4. The van der Waals surface area contributed by atoms with Crippen molar-refractivity contribution in [3.63, 3.8) is 0 Å². The average Bonchev–Trinajstić information content (AvgIpc) is 2.76. The van der Waals surface area contributed by atoms with Crippen LogP contribution in [-0.4, -0.2) is 34.6 Å². The molecule has 0 radical (unpaired) electrons. The zero-order chi connectivity index (χ0) is 21.9. The molecule has 2 aromatic carbocycles. The number of carbonyl (C=O) groups is 2. The SMILES string of the molecule is CCC(C)NC(=O)C(C)N(Cc1ccc(Cl)cc1)C(=O)CCSCc1ccccc1. The lowest BCUT2D eigenvalue weighted by Gasteiger charge is -2.29. The second kappa shape index (κ2) is 12.7. The fourth-order valence-corrected chi connectivity index (χ4v) is 3.92. The maximum Gasteiger partial charge on any atom is 0.242 e. The molecule has 2 amide bonds. The van der Waals surface area contributed by atoms with Gasteiger partial charge < -0.3 is 10.2 Å². The third-order valence-corrected chi connectivity index (χ3v) is 6.29. The van der Waals surface area contributed by atoms with Gasteiger partial charge in [0.25, 0.3) is 0 Å². The molecule has 0 heterocycles. The molecule has 2 atom stereocenters. The second-order valence-corrected chi connectivity index (χ2v) is 8.97. The van der Waals surface area contributed by atoms with E-state index in [1.54, 1.807) is 35.7 Å². The van der Waals surface area contributed by atoms with Crippen molar-refractivity contribution >= 4 is 35.2 Å². The fraction of sp³-hybridized carbons (Fsp3) is 0.417. The van der Waals surface area contributed by atoms with Gasteiger partial charge in [-0.05, 0) is 43.5 Å². The number of carbonyl (C=O) groups excluding carboxylic acids is 2. The summed E-state index contributed by atoms with van der Waals surface area (Å²) in [6.07, 6.45) is 1.24. The smallest absolute Gasteiger partial charge is 0.242 e. The zero-order valence-corrected chi connectivity index (χ0v) is 19.5. The lowest BCUT2D eigenvalue weighted by atomic mass is 10.1. The van der Waals surface area contributed by atoms with Crippen LogP contribution >= 0.6 is 23.4 Å². The van der Waals surface area contributed by atoms with Crippen LogP contribution in [0.15, 0.2) is 54.6 Å². The number of rotatable bonds is 11. The van der Waals surface area contributed by atoms with E-state index in [-0.39, 0.29) is 17.9 Å². The Hall–Kier alpha value is -1.98. The molecule has 2 aromatic rings. The summed E-state index contributed by atoms with van der Waals surface area (Å²) in [5, 5.41) is 3.64. The first-order valence-corrected chi connectivity index (χ1v) is 11.9. The third kappa shape index (κ3) is 8.04. The molecule has 6 heteroatoms. The summed E-state index contributed by atoms with van der Waals surface area (Å²) >= 11 is 7.71. The van der Waals surface area contributed by atoms with Crippen LogP contribution in [0.25, 0.3) is 0 Å². The summed E-state index contributed by atoms with van der Waals surface area (Å²) in [7, 11) is 0.